The van der Waals surface area contributed by atoms with Crippen LogP contribution in [0.2, 0.25) is 5.02 Å². The first kappa shape index (κ1) is 35.0. The third kappa shape index (κ3) is 8.16. The van der Waals surface area contributed by atoms with Gasteiger partial charge in [-0.2, -0.15) is 18.2 Å². The molecule has 0 saturated heterocycles. The minimum absolute atomic E-state index is 0.00273. The van der Waals surface area contributed by atoms with Crippen LogP contribution < -0.4 is 10.1 Å². The van der Waals surface area contributed by atoms with Crippen LogP contribution in [-0.2, 0) is 17.4 Å². The predicted octanol–water partition coefficient (Wildman–Crippen LogP) is 9.83. The quantitative estimate of drug-likeness (QED) is 0.0911. The molecule has 0 aliphatic heterocycles. The molecule has 1 atom stereocenters. The van der Waals surface area contributed by atoms with Gasteiger partial charge in [-0.25, -0.2) is 4.39 Å². The molecule has 0 radical (unpaired) electrons. The highest BCUT2D eigenvalue weighted by atomic mass is 35.5. The van der Waals surface area contributed by atoms with Crippen LogP contribution in [0.3, 0.4) is 0 Å². The van der Waals surface area contributed by atoms with Crippen molar-refractivity contribution in [3.63, 3.8) is 0 Å². The van der Waals surface area contributed by atoms with E-state index in [9.17, 15) is 27.2 Å². The largest absolute Gasteiger partial charge is 0.425 e. The summed E-state index contributed by atoms with van der Waals surface area (Å²) in [4.78, 5) is 31.0. The summed E-state index contributed by atoms with van der Waals surface area (Å²) >= 11 is 5.98. The van der Waals surface area contributed by atoms with E-state index in [-0.39, 0.29) is 28.6 Å². The molecule has 1 amide bonds. The summed E-state index contributed by atoms with van der Waals surface area (Å²) < 4.78 is 64.9. The number of nitrogens with zero attached hydrogens (tertiary/aromatic N) is 2. The molecule has 1 N–H and O–H groups in total. The minimum atomic E-state index is -4.53. The Morgan fingerprint density at radius 1 is 0.843 bits per heavy atom. The number of carbonyl (C=O) groups is 2. The Hall–Kier alpha value is -5.81. The van der Waals surface area contributed by atoms with Gasteiger partial charge in [-0.3, -0.25) is 9.59 Å². The fraction of sp³-hybridized carbons (Fsp3) is 0.128. The van der Waals surface area contributed by atoms with E-state index < -0.39 is 35.5 Å². The number of aromatic nitrogens is 2. The molecule has 5 aromatic carbocycles. The third-order valence-corrected chi connectivity index (χ3v) is 8.29. The van der Waals surface area contributed by atoms with E-state index in [1.54, 1.807) is 49.4 Å². The fourth-order valence-electron chi connectivity index (χ4n) is 5.54. The molecule has 1 heterocycles. The average molecular weight is 714 g/mol. The first-order valence-corrected chi connectivity index (χ1v) is 16.0. The van der Waals surface area contributed by atoms with Crippen molar-refractivity contribution in [1.82, 2.24) is 15.5 Å². The first-order chi connectivity index (χ1) is 24.4. The van der Waals surface area contributed by atoms with Crippen LogP contribution in [0, 0.1) is 12.7 Å². The third-order valence-electron chi connectivity index (χ3n) is 8.00. The Bertz CT molecular complexity index is 2200. The Labute approximate surface area is 294 Å². The number of hydrogen-bond donors (Lipinski definition) is 1. The van der Waals surface area contributed by atoms with Gasteiger partial charge in [0.05, 0.1) is 16.1 Å². The molecule has 0 fully saturated rings. The lowest BCUT2D eigenvalue weighted by molar-refractivity contribution is -0.137. The van der Waals surface area contributed by atoms with E-state index in [0.717, 1.165) is 23.3 Å². The highest BCUT2D eigenvalue weighted by molar-refractivity contribution is 6.31. The Morgan fingerprint density at radius 2 is 1.49 bits per heavy atom. The van der Waals surface area contributed by atoms with Crippen molar-refractivity contribution in [2.24, 2.45) is 0 Å². The maximum Gasteiger partial charge on any atom is 0.416 e. The lowest BCUT2D eigenvalue weighted by Gasteiger charge is -2.20. The number of nitrogens with one attached hydrogen (secondary N) is 1. The summed E-state index contributed by atoms with van der Waals surface area (Å²) in [5, 5.41) is 6.82. The van der Waals surface area contributed by atoms with Gasteiger partial charge in [0.25, 0.3) is 5.91 Å². The van der Waals surface area contributed by atoms with E-state index in [1.807, 2.05) is 24.3 Å². The molecule has 0 aliphatic carbocycles. The number of ether oxygens (including phenoxy) is 1. The van der Waals surface area contributed by atoms with Crippen LogP contribution in [0.15, 0.2) is 114 Å². The number of benzene rings is 5. The number of hydrogen-bond acceptors (Lipinski definition) is 6. The van der Waals surface area contributed by atoms with E-state index in [4.69, 9.17) is 20.9 Å². The SMILES string of the molecule is CC(=O)Oc1c(C(=O)N[C@H](Cc2ccc(-c3ccc(F)c(Cl)c3)cc2)c2nc(C)no2)cc(-c2ccc(C(F)(F)F)cc2)cc1-c1ccccc1. The van der Waals surface area contributed by atoms with E-state index in [1.165, 1.54) is 37.3 Å². The van der Waals surface area contributed by atoms with Crippen molar-refractivity contribution in [2.45, 2.75) is 32.5 Å². The summed E-state index contributed by atoms with van der Waals surface area (Å²) in [5.41, 5.74) is 3.18. The standard InChI is InChI=1S/C39H28ClF4N3O4/c1-22-45-38(51-47-22)35(18-24-8-10-25(11-9-24)28-14-17-34(41)33(40)21-28)46-37(49)32-20-29(26-12-15-30(16-13-26)39(42,43)44)19-31(36(32)50-23(2)48)27-6-4-3-5-7-27/h3-17,19-21,35H,18H2,1-2H3,(H,46,49)/t35-/m1/s1. The topological polar surface area (TPSA) is 94.3 Å². The highest BCUT2D eigenvalue weighted by Gasteiger charge is 2.31. The van der Waals surface area contributed by atoms with Gasteiger partial charge in [-0.1, -0.05) is 89.6 Å². The van der Waals surface area contributed by atoms with Gasteiger partial charge in [0, 0.05) is 18.9 Å². The monoisotopic (exact) mass is 713 g/mol. The summed E-state index contributed by atoms with van der Waals surface area (Å²) in [5.74, 6) is -1.46. The van der Waals surface area contributed by atoms with Crippen LogP contribution >= 0.6 is 11.6 Å². The lowest BCUT2D eigenvalue weighted by atomic mass is 9.93. The van der Waals surface area contributed by atoms with Crippen molar-refractivity contribution in [1.29, 1.82) is 0 Å². The molecule has 6 aromatic rings. The summed E-state index contributed by atoms with van der Waals surface area (Å²) in [6.45, 7) is 2.83. The van der Waals surface area contributed by atoms with Gasteiger partial charge in [0.2, 0.25) is 5.89 Å². The number of amides is 1. The molecule has 6 rings (SSSR count). The number of alkyl halides is 3. The van der Waals surface area contributed by atoms with Crippen molar-refractivity contribution in [2.75, 3.05) is 0 Å². The lowest BCUT2D eigenvalue weighted by Crippen LogP contribution is -2.31. The second kappa shape index (κ2) is 14.6. The normalized spacial score (nSPS) is 12.0. The van der Waals surface area contributed by atoms with E-state index in [0.29, 0.717) is 33.6 Å². The molecule has 0 spiro atoms. The number of carbonyl (C=O) groups excluding carboxylic acids is 2. The highest BCUT2D eigenvalue weighted by Crippen LogP contribution is 2.39. The van der Waals surface area contributed by atoms with Crippen molar-refractivity contribution >= 4 is 23.5 Å². The maximum absolute atomic E-state index is 14.3. The smallest absolute Gasteiger partial charge is 0.416 e. The predicted molar refractivity (Wildman–Crippen MR) is 183 cm³/mol. The van der Waals surface area contributed by atoms with Gasteiger partial charge < -0.3 is 14.6 Å². The van der Waals surface area contributed by atoms with Gasteiger partial charge >= 0.3 is 12.1 Å². The summed E-state index contributed by atoms with van der Waals surface area (Å²) in [6.07, 6.45) is -4.33. The fourth-order valence-corrected chi connectivity index (χ4v) is 5.72. The first-order valence-electron chi connectivity index (χ1n) is 15.6. The van der Waals surface area contributed by atoms with Crippen molar-refractivity contribution < 1.29 is 36.4 Å². The number of halogens is 5. The Kier molecular flexibility index (Phi) is 10.0. The van der Waals surface area contributed by atoms with Crippen LogP contribution in [0.5, 0.6) is 5.75 Å². The number of aryl methyl sites for hydroxylation is 1. The van der Waals surface area contributed by atoms with E-state index >= 15 is 0 Å². The second-order valence-electron chi connectivity index (χ2n) is 11.7. The molecule has 258 valence electrons. The molecular weight excluding hydrogens is 686 g/mol. The zero-order chi connectivity index (χ0) is 36.3. The number of esters is 1. The number of rotatable bonds is 9. The zero-order valence-electron chi connectivity index (χ0n) is 27.1. The van der Waals surface area contributed by atoms with Gasteiger partial charge in [-0.05, 0) is 76.7 Å². The van der Waals surface area contributed by atoms with Crippen molar-refractivity contribution in [3.8, 4) is 39.1 Å². The molecule has 0 bridgehead atoms. The second-order valence-corrected chi connectivity index (χ2v) is 12.1. The molecule has 0 unspecified atom stereocenters. The van der Waals surface area contributed by atoms with Crippen LogP contribution in [0.1, 0.15) is 46.2 Å². The Balaban J connectivity index is 1.40. The minimum Gasteiger partial charge on any atom is -0.425 e. The van der Waals surface area contributed by atoms with Crippen molar-refractivity contribution in [3.05, 3.63) is 148 Å². The maximum atomic E-state index is 14.3. The molecular formula is C39H28ClF4N3O4. The Morgan fingerprint density at radius 3 is 2.10 bits per heavy atom. The summed E-state index contributed by atoms with van der Waals surface area (Å²) in [6, 6.07) is 27.4. The molecule has 0 saturated carbocycles. The van der Waals surface area contributed by atoms with Gasteiger partial charge in [-0.15, -0.1) is 0 Å². The summed E-state index contributed by atoms with van der Waals surface area (Å²) in [7, 11) is 0. The van der Waals surface area contributed by atoms with E-state index in [2.05, 4.69) is 15.5 Å². The molecule has 1 aromatic heterocycles. The van der Waals surface area contributed by atoms with Crippen LogP contribution in [-0.4, -0.2) is 22.0 Å². The molecule has 12 heteroatoms. The molecule has 7 nitrogen and oxygen atoms in total. The van der Waals surface area contributed by atoms with Crippen LogP contribution in [0.25, 0.3) is 33.4 Å². The van der Waals surface area contributed by atoms with Gasteiger partial charge in [0.15, 0.2) is 11.6 Å². The zero-order valence-corrected chi connectivity index (χ0v) is 27.8. The molecule has 51 heavy (non-hydrogen) atoms. The molecule has 0 aliphatic rings. The average Bonchev–Trinajstić information content (AvgIpc) is 3.55. The van der Waals surface area contributed by atoms with Crippen LogP contribution in [0.4, 0.5) is 17.6 Å². The van der Waals surface area contributed by atoms with Gasteiger partial charge in [0.1, 0.15) is 11.9 Å².